The molecule has 1 aromatic heterocycles. The molecule has 0 bridgehead atoms. The van der Waals surface area contributed by atoms with Crippen LogP contribution < -0.4 is 0 Å². The summed E-state index contributed by atoms with van der Waals surface area (Å²) >= 11 is 3.24. The SMILES string of the molecule is O=C(O)c1nc(Br)n2c1CN(C(=O)OCc1ccccc1)CC2. The van der Waals surface area contributed by atoms with Crippen LogP contribution >= 0.6 is 15.9 Å². The van der Waals surface area contributed by atoms with Gasteiger partial charge in [-0.1, -0.05) is 30.3 Å². The zero-order valence-electron chi connectivity index (χ0n) is 12.1. The number of imidazole rings is 1. The largest absolute Gasteiger partial charge is 0.476 e. The lowest BCUT2D eigenvalue weighted by Gasteiger charge is -2.28. The molecule has 2 heterocycles. The quantitative estimate of drug-likeness (QED) is 0.885. The van der Waals surface area contributed by atoms with Crippen LogP contribution in [0.4, 0.5) is 4.79 Å². The Morgan fingerprint density at radius 2 is 2.00 bits per heavy atom. The molecule has 1 aliphatic heterocycles. The number of nitrogens with zero attached hydrogens (tertiary/aromatic N) is 3. The molecule has 120 valence electrons. The van der Waals surface area contributed by atoms with Gasteiger partial charge in [-0.25, -0.2) is 14.6 Å². The van der Waals surface area contributed by atoms with Crippen molar-refractivity contribution in [3.8, 4) is 0 Å². The van der Waals surface area contributed by atoms with Crippen LogP contribution in [-0.4, -0.2) is 38.2 Å². The first-order valence-corrected chi connectivity index (χ1v) is 7.79. The molecular weight excluding hydrogens is 366 g/mol. The molecule has 23 heavy (non-hydrogen) atoms. The lowest BCUT2D eigenvalue weighted by Crippen LogP contribution is -2.39. The maximum absolute atomic E-state index is 12.2. The zero-order chi connectivity index (χ0) is 16.4. The van der Waals surface area contributed by atoms with Gasteiger partial charge in [0.25, 0.3) is 0 Å². The number of rotatable bonds is 3. The van der Waals surface area contributed by atoms with Crippen molar-refractivity contribution >= 4 is 28.0 Å². The molecule has 7 nitrogen and oxygen atoms in total. The lowest BCUT2D eigenvalue weighted by molar-refractivity contribution is 0.0679. The van der Waals surface area contributed by atoms with E-state index in [4.69, 9.17) is 4.74 Å². The average molecular weight is 380 g/mol. The number of carbonyl (C=O) groups excluding carboxylic acids is 1. The minimum atomic E-state index is -1.11. The Hall–Kier alpha value is -2.35. The second kappa shape index (κ2) is 6.41. The maximum atomic E-state index is 12.2. The minimum Gasteiger partial charge on any atom is -0.476 e. The topological polar surface area (TPSA) is 84.7 Å². The van der Waals surface area contributed by atoms with E-state index in [1.165, 1.54) is 4.90 Å². The summed E-state index contributed by atoms with van der Waals surface area (Å²) in [5.41, 5.74) is 1.35. The zero-order valence-corrected chi connectivity index (χ0v) is 13.7. The van der Waals surface area contributed by atoms with Gasteiger partial charge in [-0.15, -0.1) is 0 Å². The summed E-state index contributed by atoms with van der Waals surface area (Å²) in [6.07, 6.45) is -0.464. The molecule has 3 rings (SSSR count). The van der Waals surface area contributed by atoms with Crippen molar-refractivity contribution in [1.29, 1.82) is 0 Å². The Morgan fingerprint density at radius 3 is 2.70 bits per heavy atom. The van der Waals surface area contributed by atoms with Gasteiger partial charge in [0.05, 0.1) is 12.2 Å². The third kappa shape index (κ3) is 3.21. The van der Waals surface area contributed by atoms with Gasteiger partial charge < -0.3 is 19.3 Å². The smallest absolute Gasteiger partial charge is 0.410 e. The fourth-order valence-corrected chi connectivity index (χ4v) is 3.03. The van der Waals surface area contributed by atoms with E-state index < -0.39 is 12.1 Å². The monoisotopic (exact) mass is 379 g/mol. The molecule has 0 fully saturated rings. The van der Waals surface area contributed by atoms with Gasteiger partial charge in [-0.3, -0.25) is 0 Å². The summed E-state index contributed by atoms with van der Waals surface area (Å²) in [6, 6.07) is 9.39. The molecule has 1 aromatic carbocycles. The molecule has 2 aromatic rings. The molecule has 0 aliphatic carbocycles. The third-order valence-corrected chi connectivity index (χ3v) is 4.23. The Labute approximate surface area is 140 Å². The van der Waals surface area contributed by atoms with Gasteiger partial charge in [-0.2, -0.15) is 0 Å². The molecular formula is C15H14BrN3O4. The Morgan fingerprint density at radius 1 is 1.26 bits per heavy atom. The number of carboxylic acid groups (broad SMARTS) is 1. The normalized spacial score (nSPS) is 13.5. The van der Waals surface area contributed by atoms with Crippen molar-refractivity contribution in [3.63, 3.8) is 0 Å². The van der Waals surface area contributed by atoms with Crippen molar-refractivity contribution < 1.29 is 19.4 Å². The van der Waals surface area contributed by atoms with Crippen LogP contribution in [0, 0.1) is 0 Å². The Bertz CT molecular complexity index is 745. The minimum absolute atomic E-state index is 0.0440. The second-order valence-electron chi connectivity index (χ2n) is 5.09. The molecule has 0 atom stereocenters. The van der Waals surface area contributed by atoms with Gasteiger partial charge in [0.15, 0.2) is 10.4 Å². The van der Waals surface area contributed by atoms with Crippen LogP contribution in [0.3, 0.4) is 0 Å². The van der Waals surface area contributed by atoms with E-state index >= 15 is 0 Å². The number of aromatic nitrogens is 2. The van der Waals surface area contributed by atoms with Crippen LogP contribution in [0.2, 0.25) is 0 Å². The van der Waals surface area contributed by atoms with E-state index in [0.29, 0.717) is 23.5 Å². The van der Waals surface area contributed by atoms with Gasteiger partial charge in [-0.05, 0) is 21.5 Å². The highest BCUT2D eigenvalue weighted by molar-refractivity contribution is 9.10. The summed E-state index contributed by atoms with van der Waals surface area (Å²) in [5.74, 6) is -1.11. The van der Waals surface area contributed by atoms with Crippen molar-refractivity contribution in [2.24, 2.45) is 0 Å². The number of fused-ring (bicyclic) bond motifs is 1. The maximum Gasteiger partial charge on any atom is 0.410 e. The van der Waals surface area contributed by atoms with Crippen LogP contribution in [-0.2, 0) is 24.4 Å². The number of ether oxygens (including phenoxy) is 1. The van der Waals surface area contributed by atoms with Gasteiger partial charge in [0.2, 0.25) is 0 Å². The number of aromatic carboxylic acids is 1. The molecule has 1 aliphatic rings. The fourth-order valence-electron chi connectivity index (χ4n) is 2.46. The summed E-state index contributed by atoms with van der Waals surface area (Å²) in [6.45, 7) is 1.25. The van der Waals surface area contributed by atoms with Crippen LogP contribution in [0.5, 0.6) is 0 Å². The molecule has 1 N–H and O–H groups in total. The first-order chi connectivity index (χ1) is 11.1. The average Bonchev–Trinajstić information content (AvgIpc) is 2.90. The van der Waals surface area contributed by atoms with Crippen LogP contribution in [0.1, 0.15) is 21.7 Å². The third-order valence-electron chi connectivity index (χ3n) is 3.63. The summed E-state index contributed by atoms with van der Waals surface area (Å²) in [5, 5.41) is 9.20. The molecule has 0 saturated heterocycles. The van der Waals surface area contributed by atoms with Crippen molar-refractivity contribution in [2.75, 3.05) is 6.54 Å². The number of hydrogen-bond donors (Lipinski definition) is 1. The highest BCUT2D eigenvalue weighted by Gasteiger charge is 2.29. The van der Waals surface area contributed by atoms with Gasteiger partial charge in [0, 0.05) is 13.1 Å². The van der Waals surface area contributed by atoms with E-state index in [9.17, 15) is 14.7 Å². The Kier molecular flexibility index (Phi) is 4.33. The number of halogens is 1. The number of carboxylic acids is 1. The Balaban J connectivity index is 1.69. The molecule has 0 unspecified atom stereocenters. The van der Waals surface area contributed by atoms with Crippen molar-refractivity contribution in [1.82, 2.24) is 14.5 Å². The predicted octanol–water partition coefficient (Wildman–Crippen LogP) is 2.50. The first-order valence-electron chi connectivity index (χ1n) is 7.00. The van der Waals surface area contributed by atoms with E-state index in [2.05, 4.69) is 20.9 Å². The molecule has 0 saturated carbocycles. The van der Waals surface area contributed by atoms with E-state index in [1.54, 1.807) is 4.57 Å². The van der Waals surface area contributed by atoms with Crippen molar-refractivity contribution in [2.45, 2.75) is 19.7 Å². The van der Waals surface area contributed by atoms with Crippen LogP contribution in [0.25, 0.3) is 0 Å². The van der Waals surface area contributed by atoms with E-state index in [0.717, 1.165) is 5.56 Å². The van der Waals surface area contributed by atoms with Crippen molar-refractivity contribution in [3.05, 3.63) is 52.0 Å². The molecule has 0 spiro atoms. The number of carbonyl (C=O) groups is 2. The van der Waals surface area contributed by atoms with Gasteiger partial charge >= 0.3 is 12.1 Å². The lowest BCUT2D eigenvalue weighted by atomic mass is 10.2. The molecule has 8 heteroatoms. The number of benzene rings is 1. The molecule has 0 radical (unpaired) electrons. The van der Waals surface area contributed by atoms with E-state index in [-0.39, 0.29) is 18.8 Å². The summed E-state index contributed by atoms with van der Waals surface area (Å²) < 4.78 is 7.50. The standard InChI is InChI=1S/C15H14BrN3O4/c16-14-17-12(13(20)21)11-8-18(6-7-19(11)14)15(22)23-9-10-4-2-1-3-5-10/h1-5H,6-9H2,(H,20,21). The highest BCUT2D eigenvalue weighted by Crippen LogP contribution is 2.23. The number of hydrogen-bond acceptors (Lipinski definition) is 4. The molecule has 1 amide bonds. The predicted molar refractivity (Wildman–Crippen MR) is 83.9 cm³/mol. The van der Waals surface area contributed by atoms with E-state index in [1.807, 2.05) is 30.3 Å². The first kappa shape index (κ1) is 15.5. The highest BCUT2D eigenvalue weighted by atomic mass is 79.9. The summed E-state index contributed by atoms with van der Waals surface area (Å²) in [7, 11) is 0. The summed E-state index contributed by atoms with van der Waals surface area (Å²) in [4.78, 5) is 28.9. The van der Waals surface area contributed by atoms with Crippen LogP contribution in [0.15, 0.2) is 35.1 Å². The van der Waals surface area contributed by atoms with Gasteiger partial charge in [0.1, 0.15) is 6.61 Å². The fraction of sp³-hybridized carbons (Fsp3) is 0.267. The number of amides is 1. The second-order valence-corrected chi connectivity index (χ2v) is 5.80.